The molecule has 0 spiro atoms. The maximum absolute atomic E-state index is 12.7. The molecule has 0 saturated heterocycles. The van der Waals surface area contributed by atoms with E-state index >= 15 is 0 Å². The predicted molar refractivity (Wildman–Crippen MR) is 101 cm³/mol. The van der Waals surface area contributed by atoms with Crippen LogP contribution in [-0.4, -0.2) is 19.5 Å². The van der Waals surface area contributed by atoms with Gasteiger partial charge in [0.1, 0.15) is 0 Å². The van der Waals surface area contributed by atoms with Crippen molar-refractivity contribution < 1.29 is 4.92 Å². The molecule has 0 aliphatic rings. The normalized spacial score (nSPS) is 10.8. The minimum absolute atomic E-state index is 0.0514. The van der Waals surface area contributed by atoms with E-state index in [0.717, 1.165) is 5.56 Å². The van der Waals surface area contributed by atoms with E-state index in [0.29, 0.717) is 22.3 Å². The summed E-state index contributed by atoms with van der Waals surface area (Å²) in [6.07, 6.45) is 1.65. The number of pyridine rings is 1. The van der Waals surface area contributed by atoms with Gasteiger partial charge in [-0.1, -0.05) is 36.4 Å². The lowest BCUT2D eigenvalue weighted by atomic mass is 10.1. The van der Waals surface area contributed by atoms with Crippen LogP contribution in [-0.2, 0) is 6.54 Å². The number of nitrogens with zero attached hydrogens (tertiary/aromatic N) is 4. The fourth-order valence-corrected chi connectivity index (χ4v) is 3.00. The maximum Gasteiger partial charge on any atom is 0.348 e. The molecule has 0 saturated carbocycles. The molecule has 0 N–H and O–H groups in total. The molecule has 2 aromatic carbocycles. The molecular formula is C20H14N4O3. The van der Waals surface area contributed by atoms with Crippen LogP contribution in [0.1, 0.15) is 5.69 Å². The molecule has 4 aromatic rings. The Kier molecular flexibility index (Phi) is 4.18. The highest BCUT2D eigenvalue weighted by Crippen LogP contribution is 2.28. The smallest absolute Gasteiger partial charge is 0.286 e. The van der Waals surface area contributed by atoms with E-state index in [2.05, 4.69) is 9.97 Å². The van der Waals surface area contributed by atoms with Gasteiger partial charge in [-0.3, -0.25) is 19.7 Å². The van der Waals surface area contributed by atoms with E-state index in [-0.39, 0.29) is 12.2 Å². The molecule has 0 radical (unpaired) electrons. The van der Waals surface area contributed by atoms with Gasteiger partial charge in [0.05, 0.1) is 28.4 Å². The van der Waals surface area contributed by atoms with E-state index in [1.165, 1.54) is 16.7 Å². The molecule has 0 bridgehead atoms. The highest BCUT2D eigenvalue weighted by Gasteiger charge is 2.16. The second-order valence-corrected chi connectivity index (χ2v) is 5.97. The third kappa shape index (κ3) is 3.18. The van der Waals surface area contributed by atoms with Gasteiger partial charge in [-0.2, -0.15) is 4.98 Å². The molecule has 0 fully saturated rings. The minimum Gasteiger partial charge on any atom is -0.286 e. The second-order valence-electron chi connectivity index (χ2n) is 5.97. The lowest BCUT2D eigenvalue weighted by Crippen LogP contribution is -2.25. The third-order valence-electron chi connectivity index (χ3n) is 4.27. The summed E-state index contributed by atoms with van der Waals surface area (Å²) in [6.45, 7) is 0.232. The van der Waals surface area contributed by atoms with E-state index < -0.39 is 10.6 Å². The Balaban J connectivity index is 1.99. The summed E-state index contributed by atoms with van der Waals surface area (Å²) in [4.78, 5) is 32.0. The standard InChI is InChI=1S/C20H14N4O3/c25-20-22-19(14-6-2-1-3-7-14)17-12-16(24(26)27)9-10-18(17)23(20)13-15-8-4-5-11-21-15/h1-12H,13H2. The van der Waals surface area contributed by atoms with E-state index in [1.807, 2.05) is 42.5 Å². The summed E-state index contributed by atoms with van der Waals surface area (Å²) in [6, 6.07) is 19.1. The molecule has 0 aliphatic heterocycles. The summed E-state index contributed by atoms with van der Waals surface area (Å²) in [5, 5.41) is 11.8. The monoisotopic (exact) mass is 358 g/mol. The van der Waals surface area contributed by atoms with Crippen molar-refractivity contribution in [2.75, 3.05) is 0 Å². The molecule has 0 aliphatic carbocycles. The number of benzene rings is 2. The first kappa shape index (κ1) is 16.6. The average Bonchev–Trinajstić information content (AvgIpc) is 2.71. The second kappa shape index (κ2) is 6.80. The molecule has 2 aromatic heterocycles. The molecule has 4 rings (SSSR count). The van der Waals surface area contributed by atoms with Crippen LogP contribution >= 0.6 is 0 Å². The maximum atomic E-state index is 12.7. The molecule has 0 atom stereocenters. The number of nitro groups is 1. The lowest BCUT2D eigenvalue weighted by molar-refractivity contribution is -0.384. The van der Waals surface area contributed by atoms with Crippen LogP contribution in [0.4, 0.5) is 5.69 Å². The van der Waals surface area contributed by atoms with Crippen molar-refractivity contribution >= 4 is 16.6 Å². The summed E-state index contributed by atoms with van der Waals surface area (Å²) in [7, 11) is 0. The van der Waals surface area contributed by atoms with Crippen LogP contribution in [0.25, 0.3) is 22.2 Å². The molecule has 132 valence electrons. The summed E-state index contributed by atoms with van der Waals surface area (Å²) < 4.78 is 1.48. The van der Waals surface area contributed by atoms with Gasteiger partial charge >= 0.3 is 5.69 Å². The van der Waals surface area contributed by atoms with Gasteiger partial charge in [0, 0.05) is 29.3 Å². The molecule has 27 heavy (non-hydrogen) atoms. The molecular weight excluding hydrogens is 344 g/mol. The summed E-state index contributed by atoms with van der Waals surface area (Å²) in [5.41, 5.74) is 1.95. The molecule has 0 unspecified atom stereocenters. The number of nitro benzene ring substituents is 1. The number of aromatic nitrogens is 3. The van der Waals surface area contributed by atoms with Crippen LogP contribution in [0.15, 0.2) is 77.7 Å². The summed E-state index contributed by atoms with van der Waals surface area (Å²) in [5.74, 6) is 0. The van der Waals surface area contributed by atoms with Crippen molar-refractivity contribution in [3.05, 3.63) is 99.2 Å². The Hall–Kier alpha value is -3.87. The number of hydrogen-bond donors (Lipinski definition) is 0. The number of non-ortho nitro benzene ring substituents is 1. The van der Waals surface area contributed by atoms with Crippen LogP contribution in [0.2, 0.25) is 0 Å². The fraction of sp³-hybridized carbons (Fsp3) is 0.0500. The van der Waals surface area contributed by atoms with Gasteiger partial charge in [-0.05, 0) is 18.2 Å². The lowest BCUT2D eigenvalue weighted by Gasteiger charge is -2.12. The number of hydrogen-bond acceptors (Lipinski definition) is 5. The first-order valence-corrected chi connectivity index (χ1v) is 8.28. The van der Waals surface area contributed by atoms with Crippen molar-refractivity contribution in [1.82, 2.24) is 14.5 Å². The highest BCUT2D eigenvalue weighted by atomic mass is 16.6. The molecule has 2 heterocycles. The van der Waals surface area contributed by atoms with Crippen molar-refractivity contribution in [3.8, 4) is 11.3 Å². The Labute approximate surface area is 153 Å². The van der Waals surface area contributed by atoms with Crippen molar-refractivity contribution in [3.63, 3.8) is 0 Å². The van der Waals surface area contributed by atoms with Crippen molar-refractivity contribution in [2.24, 2.45) is 0 Å². The van der Waals surface area contributed by atoms with Gasteiger partial charge in [0.25, 0.3) is 5.69 Å². The highest BCUT2D eigenvalue weighted by molar-refractivity contribution is 5.93. The largest absolute Gasteiger partial charge is 0.348 e. The van der Waals surface area contributed by atoms with Gasteiger partial charge in [-0.25, -0.2) is 4.79 Å². The quantitative estimate of drug-likeness (QED) is 0.412. The Morgan fingerprint density at radius 3 is 2.48 bits per heavy atom. The minimum atomic E-state index is -0.456. The van der Waals surface area contributed by atoms with Gasteiger partial charge < -0.3 is 0 Å². The third-order valence-corrected chi connectivity index (χ3v) is 4.27. The van der Waals surface area contributed by atoms with E-state index in [9.17, 15) is 14.9 Å². The zero-order chi connectivity index (χ0) is 18.8. The molecule has 7 heteroatoms. The SMILES string of the molecule is O=c1nc(-c2ccccc2)c2cc([N+](=O)[O-])ccc2n1Cc1ccccn1. The topological polar surface area (TPSA) is 90.9 Å². The van der Waals surface area contributed by atoms with Gasteiger partial charge in [0.2, 0.25) is 0 Å². The van der Waals surface area contributed by atoms with Crippen LogP contribution in [0, 0.1) is 10.1 Å². The van der Waals surface area contributed by atoms with Gasteiger partial charge in [0.15, 0.2) is 0 Å². The Bertz CT molecular complexity index is 1190. The van der Waals surface area contributed by atoms with Crippen LogP contribution in [0.5, 0.6) is 0 Å². The van der Waals surface area contributed by atoms with Crippen molar-refractivity contribution in [2.45, 2.75) is 6.54 Å². The van der Waals surface area contributed by atoms with E-state index in [4.69, 9.17) is 0 Å². The van der Waals surface area contributed by atoms with Crippen molar-refractivity contribution in [1.29, 1.82) is 0 Å². The first-order chi connectivity index (χ1) is 13.1. The predicted octanol–water partition coefficient (Wildman–Crippen LogP) is 3.42. The molecule has 0 amide bonds. The fourth-order valence-electron chi connectivity index (χ4n) is 3.00. The zero-order valence-corrected chi connectivity index (χ0v) is 14.1. The first-order valence-electron chi connectivity index (χ1n) is 8.28. The Morgan fingerprint density at radius 2 is 1.78 bits per heavy atom. The van der Waals surface area contributed by atoms with Crippen LogP contribution < -0.4 is 5.69 Å². The summed E-state index contributed by atoms with van der Waals surface area (Å²) >= 11 is 0. The van der Waals surface area contributed by atoms with Crippen LogP contribution in [0.3, 0.4) is 0 Å². The van der Waals surface area contributed by atoms with E-state index in [1.54, 1.807) is 18.3 Å². The number of rotatable bonds is 4. The zero-order valence-electron chi connectivity index (χ0n) is 14.1. The Morgan fingerprint density at radius 1 is 1.00 bits per heavy atom. The molecule has 7 nitrogen and oxygen atoms in total. The average molecular weight is 358 g/mol. The van der Waals surface area contributed by atoms with Gasteiger partial charge in [-0.15, -0.1) is 0 Å². The number of fused-ring (bicyclic) bond motifs is 1.